The van der Waals surface area contributed by atoms with Gasteiger partial charge < -0.3 is 19.6 Å². The highest BCUT2D eigenvalue weighted by molar-refractivity contribution is 14.0. The highest BCUT2D eigenvalue weighted by Crippen LogP contribution is 2.13. The van der Waals surface area contributed by atoms with E-state index in [1.165, 1.54) is 5.56 Å². The summed E-state index contributed by atoms with van der Waals surface area (Å²) in [6.45, 7) is 8.29. The average molecular weight is 471 g/mol. The topological polar surface area (TPSA) is 82.7 Å². The summed E-state index contributed by atoms with van der Waals surface area (Å²) in [7, 11) is 1.82. The quantitative estimate of drug-likeness (QED) is 0.413. The summed E-state index contributed by atoms with van der Waals surface area (Å²) < 4.78 is 5.21. The number of piperazine rings is 1. The Hall–Kier alpha value is -1.91. The molecule has 0 bridgehead atoms. The second-order valence-corrected chi connectivity index (χ2v) is 6.05. The van der Waals surface area contributed by atoms with E-state index in [2.05, 4.69) is 35.2 Å². The zero-order valence-corrected chi connectivity index (χ0v) is 17.8. The second kappa shape index (κ2) is 9.70. The minimum atomic E-state index is 0. The van der Waals surface area contributed by atoms with Gasteiger partial charge in [-0.25, -0.2) is 9.97 Å². The van der Waals surface area contributed by atoms with Crippen LogP contribution in [0.2, 0.25) is 0 Å². The molecule has 1 aliphatic heterocycles. The molecule has 9 heteroatoms. The summed E-state index contributed by atoms with van der Waals surface area (Å²) >= 11 is 0. The van der Waals surface area contributed by atoms with Gasteiger partial charge in [-0.1, -0.05) is 5.16 Å². The number of anilines is 1. The maximum absolute atomic E-state index is 5.21. The number of nitrogens with one attached hydrogen (secondary N) is 1. The first-order chi connectivity index (χ1) is 12.2. The third-order valence-electron chi connectivity index (χ3n) is 4.47. The molecule has 0 aliphatic carbocycles. The Morgan fingerprint density at radius 3 is 2.46 bits per heavy atom. The van der Waals surface area contributed by atoms with Gasteiger partial charge in [-0.3, -0.25) is 4.99 Å². The number of halogens is 1. The van der Waals surface area contributed by atoms with E-state index in [0.717, 1.165) is 62.5 Å². The van der Waals surface area contributed by atoms with Crippen molar-refractivity contribution in [3.8, 4) is 0 Å². The minimum absolute atomic E-state index is 0. The summed E-state index contributed by atoms with van der Waals surface area (Å²) in [5.41, 5.74) is 2.14. The number of rotatable bonds is 4. The van der Waals surface area contributed by atoms with Gasteiger partial charge in [0.2, 0.25) is 5.95 Å². The van der Waals surface area contributed by atoms with Crippen molar-refractivity contribution in [3.05, 3.63) is 35.5 Å². The molecular formula is C17H26IN7O. The van der Waals surface area contributed by atoms with Gasteiger partial charge in [0.25, 0.3) is 0 Å². The third-order valence-corrected chi connectivity index (χ3v) is 4.47. The van der Waals surface area contributed by atoms with Gasteiger partial charge >= 0.3 is 0 Å². The molecule has 0 spiro atoms. The van der Waals surface area contributed by atoms with Gasteiger partial charge in [-0.05, 0) is 26.3 Å². The monoisotopic (exact) mass is 471 g/mol. The second-order valence-electron chi connectivity index (χ2n) is 6.05. The fourth-order valence-corrected chi connectivity index (χ4v) is 3.06. The summed E-state index contributed by atoms with van der Waals surface area (Å²) in [6.07, 6.45) is 4.44. The van der Waals surface area contributed by atoms with Crippen LogP contribution < -0.4 is 10.2 Å². The molecule has 0 aromatic carbocycles. The van der Waals surface area contributed by atoms with Gasteiger partial charge in [-0.15, -0.1) is 24.0 Å². The Morgan fingerprint density at radius 2 is 1.88 bits per heavy atom. The van der Waals surface area contributed by atoms with E-state index in [1.807, 2.05) is 27.0 Å². The molecule has 26 heavy (non-hydrogen) atoms. The lowest BCUT2D eigenvalue weighted by molar-refractivity contribution is 0.370. The van der Waals surface area contributed by atoms with Crippen LogP contribution >= 0.6 is 24.0 Å². The van der Waals surface area contributed by atoms with Gasteiger partial charge in [-0.2, -0.15) is 0 Å². The number of hydrogen-bond donors (Lipinski definition) is 1. The molecule has 1 saturated heterocycles. The smallest absolute Gasteiger partial charge is 0.225 e. The normalized spacial score (nSPS) is 15.0. The van der Waals surface area contributed by atoms with Crippen molar-refractivity contribution < 1.29 is 4.52 Å². The molecule has 2 aromatic rings. The van der Waals surface area contributed by atoms with E-state index in [1.54, 1.807) is 12.4 Å². The van der Waals surface area contributed by atoms with Gasteiger partial charge in [0.1, 0.15) is 5.76 Å². The molecule has 1 fully saturated rings. The lowest BCUT2D eigenvalue weighted by atomic mass is 10.1. The Bertz CT molecular complexity index is 692. The van der Waals surface area contributed by atoms with Crippen LogP contribution in [0.3, 0.4) is 0 Å². The number of guanidine groups is 1. The Morgan fingerprint density at radius 1 is 1.19 bits per heavy atom. The highest BCUT2D eigenvalue weighted by atomic mass is 127. The fraction of sp³-hybridized carbons (Fsp3) is 0.529. The van der Waals surface area contributed by atoms with Crippen molar-refractivity contribution in [2.24, 2.45) is 4.99 Å². The van der Waals surface area contributed by atoms with E-state index in [9.17, 15) is 0 Å². The molecule has 1 N–H and O–H groups in total. The van der Waals surface area contributed by atoms with E-state index in [0.29, 0.717) is 0 Å². The zero-order valence-electron chi connectivity index (χ0n) is 15.5. The van der Waals surface area contributed by atoms with E-state index < -0.39 is 0 Å². The van der Waals surface area contributed by atoms with Crippen LogP contribution in [0.4, 0.5) is 5.95 Å². The summed E-state index contributed by atoms with van der Waals surface area (Å²) in [5, 5.41) is 7.44. The molecule has 0 atom stereocenters. The van der Waals surface area contributed by atoms with Crippen LogP contribution in [0, 0.1) is 13.8 Å². The predicted molar refractivity (Wildman–Crippen MR) is 112 cm³/mol. The van der Waals surface area contributed by atoms with Crippen LogP contribution in [0.25, 0.3) is 0 Å². The fourth-order valence-electron chi connectivity index (χ4n) is 3.06. The SMILES string of the molecule is CN=C(NCCc1c(C)noc1C)N1CCN(c2ncccn2)CC1.I. The van der Waals surface area contributed by atoms with Crippen molar-refractivity contribution >= 4 is 35.9 Å². The Balaban J connectivity index is 0.00000243. The van der Waals surface area contributed by atoms with Gasteiger partial charge in [0, 0.05) is 57.7 Å². The first-order valence-corrected chi connectivity index (χ1v) is 8.58. The summed E-state index contributed by atoms with van der Waals surface area (Å²) in [5.74, 6) is 2.62. The molecule has 8 nitrogen and oxygen atoms in total. The lowest BCUT2D eigenvalue weighted by Crippen LogP contribution is -2.53. The predicted octanol–water partition coefficient (Wildman–Crippen LogP) is 1.64. The number of aliphatic imine (C=N–C) groups is 1. The van der Waals surface area contributed by atoms with E-state index in [4.69, 9.17) is 4.52 Å². The zero-order chi connectivity index (χ0) is 17.6. The number of aromatic nitrogens is 3. The van der Waals surface area contributed by atoms with E-state index in [-0.39, 0.29) is 24.0 Å². The molecule has 3 heterocycles. The van der Waals surface area contributed by atoms with Crippen molar-refractivity contribution in [3.63, 3.8) is 0 Å². The molecule has 0 radical (unpaired) electrons. The molecule has 3 rings (SSSR count). The largest absolute Gasteiger partial charge is 0.361 e. The standard InChI is InChI=1S/C17H25N7O.HI/c1-13-15(14(2)25-22-13)5-8-21-16(18-3)23-9-11-24(12-10-23)17-19-6-4-7-20-17;/h4,6-7H,5,8-12H2,1-3H3,(H,18,21);1H. The van der Waals surface area contributed by atoms with Crippen molar-refractivity contribution in [1.29, 1.82) is 0 Å². The third kappa shape index (κ3) is 4.83. The maximum Gasteiger partial charge on any atom is 0.225 e. The van der Waals surface area contributed by atoms with Crippen molar-refractivity contribution in [2.45, 2.75) is 20.3 Å². The average Bonchev–Trinajstić information content (AvgIpc) is 2.98. The van der Waals surface area contributed by atoms with Crippen LogP contribution in [-0.4, -0.2) is 65.8 Å². The highest BCUT2D eigenvalue weighted by Gasteiger charge is 2.21. The van der Waals surface area contributed by atoms with Crippen molar-refractivity contribution in [2.75, 3.05) is 44.7 Å². The number of hydrogen-bond acceptors (Lipinski definition) is 6. The van der Waals surface area contributed by atoms with Crippen LogP contribution in [0.5, 0.6) is 0 Å². The number of aryl methyl sites for hydroxylation is 2. The molecular weight excluding hydrogens is 445 g/mol. The lowest BCUT2D eigenvalue weighted by Gasteiger charge is -2.36. The molecule has 0 amide bonds. The Kier molecular flexibility index (Phi) is 7.61. The first-order valence-electron chi connectivity index (χ1n) is 8.58. The van der Waals surface area contributed by atoms with Crippen LogP contribution in [0.1, 0.15) is 17.0 Å². The first kappa shape index (κ1) is 20.4. The van der Waals surface area contributed by atoms with E-state index >= 15 is 0 Å². The maximum atomic E-state index is 5.21. The number of nitrogens with zero attached hydrogens (tertiary/aromatic N) is 6. The molecule has 0 unspecified atom stereocenters. The summed E-state index contributed by atoms with van der Waals surface area (Å²) in [6, 6.07) is 1.84. The minimum Gasteiger partial charge on any atom is -0.361 e. The summed E-state index contributed by atoms with van der Waals surface area (Å²) in [4.78, 5) is 17.5. The molecule has 142 valence electrons. The Labute approximate surface area is 171 Å². The molecule has 1 aliphatic rings. The molecule has 0 saturated carbocycles. The van der Waals surface area contributed by atoms with Crippen LogP contribution in [0.15, 0.2) is 28.0 Å². The van der Waals surface area contributed by atoms with Gasteiger partial charge in [0.15, 0.2) is 5.96 Å². The molecule has 2 aromatic heterocycles. The van der Waals surface area contributed by atoms with Crippen LogP contribution in [-0.2, 0) is 6.42 Å². The van der Waals surface area contributed by atoms with Crippen molar-refractivity contribution in [1.82, 2.24) is 25.3 Å². The van der Waals surface area contributed by atoms with Gasteiger partial charge in [0.05, 0.1) is 5.69 Å².